The van der Waals surface area contributed by atoms with Crippen molar-refractivity contribution in [2.24, 2.45) is 10.7 Å². The van der Waals surface area contributed by atoms with Crippen LogP contribution in [-0.4, -0.2) is 27.8 Å². The summed E-state index contributed by atoms with van der Waals surface area (Å²) in [5.74, 6) is 0. The van der Waals surface area contributed by atoms with Crippen LogP contribution in [0, 0.1) is 0 Å². The third kappa shape index (κ3) is 3.15. The lowest BCUT2D eigenvalue weighted by atomic mass is 10.0. The van der Waals surface area contributed by atoms with Gasteiger partial charge in [-0.1, -0.05) is 6.58 Å². The van der Waals surface area contributed by atoms with E-state index in [4.69, 9.17) is 15.2 Å². The predicted molar refractivity (Wildman–Crippen MR) is 93.5 cm³/mol. The first-order valence-electron chi connectivity index (χ1n) is 7.67. The largest absolute Gasteiger partial charge is 0.492 e. The van der Waals surface area contributed by atoms with Gasteiger partial charge in [0.25, 0.3) is 6.01 Å². The number of hydrogen-bond acceptors (Lipinski definition) is 6. The Morgan fingerprint density at radius 3 is 3.17 bits per heavy atom. The molecular formula is C17H19N5O2. The van der Waals surface area contributed by atoms with Crippen LogP contribution >= 0.6 is 0 Å². The smallest absolute Gasteiger partial charge is 0.296 e. The van der Waals surface area contributed by atoms with Gasteiger partial charge < -0.3 is 20.2 Å². The maximum absolute atomic E-state index is 6.21. The van der Waals surface area contributed by atoms with Crippen LogP contribution in [0.5, 0.6) is 6.01 Å². The van der Waals surface area contributed by atoms with Crippen LogP contribution in [0.25, 0.3) is 16.9 Å². The summed E-state index contributed by atoms with van der Waals surface area (Å²) in [6.07, 6.45) is 8.92. The zero-order valence-corrected chi connectivity index (χ0v) is 13.4. The van der Waals surface area contributed by atoms with E-state index in [1.54, 1.807) is 18.6 Å². The van der Waals surface area contributed by atoms with Gasteiger partial charge in [0.15, 0.2) is 5.65 Å². The number of imidazole rings is 1. The quantitative estimate of drug-likeness (QED) is 0.796. The fraction of sp³-hybridized carbons (Fsp3) is 0.235. The van der Waals surface area contributed by atoms with E-state index < -0.39 is 0 Å². The predicted octanol–water partition coefficient (Wildman–Crippen LogP) is 2.85. The van der Waals surface area contributed by atoms with Gasteiger partial charge in [0, 0.05) is 30.1 Å². The lowest BCUT2D eigenvalue weighted by Crippen LogP contribution is -2.08. The molecule has 0 fully saturated rings. The van der Waals surface area contributed by atoms with Gasteiger partial charge in [-0.05, 0) is 25.1 Å². The molecule has 0 aromatic carbocycles. The van der Waals surface area contributed by atoms with E-state index >= 15 is 0 Å². The minimum absolute atomic E-state index is 0.181. The number of aromatic amines is 1. The molecule has 3 heterocycles. The Balaban J connectivity index is 2.08. The molecule has 3 N–H and O–H groups in total. The van der Waals surface area contributed by atoms with E-state index in [-0.39, 0.29) is 6.10 Å². The second-order valence-corrected chi connectivity index (χ2v) is 5.10. The van der Waals surface area contributed by atoms with E-state index in [1.165, 1.54) is 6.20 Å². The van der Waals surface area contributed by atoms with Crippen molar-refractivity contribution < 1.29 is 9.47 Å². The molecule has 124 valence electrons. The molecule has 0 aliphatic carbocycles. The van der Waals surface area contributed by atoms with Crippen molar-refractivity contribution in [3.05, 3.63) is 48.5 Å². The van der Waals surface area contributed by atoms with E-state index in [9.17, 15) is 0 Å². The minimum atomic E-state index is -0.181. The molecule has 0 amide bonds. The second-order valence-electron chi connectivity index (χ2n) is 5.10. The van der Waals surface area contributed by atoms with Crippen LogP contribution in [0.4, 0.5) is 0 Å². The molecule has 24 heavy (non-hydrogen) atoms. The first kappa shape index (κ1) is 15.8. The van der Waals surface area contributed by atoms with Gasteiger partial charge in [-0.3, -0.25) is 4.99 Å². The molecule has 0 spiro atoms. The van der Waals surface area contributed by atoms with Crippen molar-refractivity contribution in [3.63, 3.8) is 0 Å². The number of nitrogens with one attached hydrogen (secondary N) is 1. The lowest BCUT2D eigenvalue weighted by Gasteiger charge is -2.14. The molecule has 2 aromatic rings. The summed E-state index contributed by atoms with van der Waals surface area (Å²) in [6, 6.07) is 2.34. The number of hydrogen-bond donors (Lipinski definition) is 2. The number of ether oxygens (including phenoxy) is 2. The van der Waals surface area contributed by atoms with Gasteiger partial charge in [0.1, 0.15) is 6.10 Å². The monoisotopic (exact) mass is 325 g/mol. The van der Waals surface area contributed by atoms with Gasteiger partial charge >= 0.3 is 0 Å². The number of pyridine rings is 1. The van der Waals surface area contributed by atoms with E-state index in [0.717, 1.165) is 23.2 Å². The van der Waals surface area contributed by atoms with E-state index in [2.05, 4.69) is 26.5 Å². The molecule has 7 nitrogen and oxygen atoms in total. The van der Waals surface area contributed by atoms with Crippen molar-refractivity contribution in [3.8, 4) is 6.01 Å². The fourth-order valence-corrected chi connectivity index (χ4v) is 2.45. The lowest BCUT2D eigenvalue weighted by molar-refractivity contribution is 0.169. The van der Waals surface area contributed by atoms with Crippen LogP contribution in [0.15, 0.2) is 42.3 Å². The summed E-state index contributed by atoms with van der Waals surface area (Å²) >= 11 is 0. The highest BCUT2D eigenvalue weighted by Gasteiger charge is 2.22. The summed E-state index contributed by atoms with van der Waals surface area (Å²) in [5.41, 5.74) is 9.58. The number of aliphatic imine (C=N–C) groups is 1. The molecule has 1 aliphatic heterocycles. The van der Waals surface area contributed by atoms with Gasteiger partial charge in [0.05, 0.1) is 24.1 Å². The molecule has 7 heteroatoms. The summed E-state index contributed by atoms with van der Waals surface area (Å²) in [6.45, 7) is 5.96. The van der Waals surface area contributed by atoms with Crippen LogP contribution < -0.4 is 10.5 Å². The van der Waals surface area contributed by atoms with Crippen LogP contribution in [-0.2, 0) is 4.74 Å². The van der Waals surface area contributed by atoms with Crippen molar-refractivity contribution in [1.29, 1.82) is 0 Å². The van der Waals surface area contributed by atoms with Gasteiger partial charge in [0.2, 0.25) is 0 Å². The molecule has 0 saturated carbocycles. The number of nitrogens with zero attached hydrogens (tertiary/aromatic N) is 3. The highest BCUT2D eigenvalue weighted by Crippen LogP contribution is 2.32. The molecule has 1 atom stereocenters. The number of H-pyrrole nitrogens is 1. The van der Waals surface area contributed by atoms with Crippen LogP contribution in [0.3, 0.4) is 0 Å². The number of aromatic nitrogens is 3. The maximum Gasteiger partial charge on any atom is 0.296 e. The fourth-order valence-electron chi connectivity index (χ4n) is 2.45. The standard InChI is InChI=1S/C17H19N5O2/c1-3-19-8-7-12(18)11-10-13-16(22-17(20-13)23-4-2)21-15(11)14-6-5-9-24-14/h3,5,7-10,14H,1,4,6,18H2,2H3,(H,20,21,22)/b12-7-,19-8?. The first-order valence-corrected chi connectivity index (χ1v) is 7.67. The topological polar surface area (TPSA) is 98.4 Å². The van der Waals surface area contributed by atoms with Crippen LogP contribution in [0.2, 0.25) is 0 Å². The summed E-state index contributed by atoms with van der Waals surface area (Å²) in [7, 11) is 0. The number of fused-ring (bicyclic) bond motifs is 1. The highest BCUT2D eigenvalue weighted by molar-refractivity contribution is 5.86. The first-order chi connectivity index (χ1) is 11.7. The third-order valence-electron chi connectivity index (χ3n) is 3.51. The zero-order chi connectivity index (χ0) is 16.9. The zero-order valence-electron chi connectivity index (χ0n) is 13.4. The Morgan fingerprint density at radius 2 is 2.46 bits per heavy atom. The van der Waals surface area contributed by atoms with Gasteiger partial charge in [-0.15, -0.1) is 0 Å². The van der Waals surface area contributed by atoms with Gasteiger partial charge in [-0.25, -0.2) is 4.98 Å². The Bertz CT molecular complexity index is 827. The minimum Gasteiger partial charge on any atom is -0.492 e. The number of rotatable bonds is 6. The molecule has 2 aromatic heterocycles. The Morgan fingerprint density at radius 1 is 1.58 bits per heavy atom. The van der Waals surface area contributed by atoms with E-state index in [1.807, 2.05) is 19.1 Å². The SMILES string of the molecule is C=CN=C/C=C(\N)c1cc2[nH]c(OCC)nc2nc1C1CC=CO1. The molecule has 1 aliphatic rings. The van der Waals surface area contributed by atoms with Crippen LogP contribution in [0.1, 0.15) is 30.7 Å². The summed E-state index contributed by atoms with van der Waals surface area (Å²) in [4.78, 5) is 16.0. The molecular weight excluding hydrogens is 306 g/mol. The third-order valence-corrected chi connectivity index (χ3v) is 3.51. The Labute approximate surface area is 139 Å². The van der Waals surface area contributed by atoms with Crippen molar-refractivity contribution >= 4 is 23.1 Å². The summed E-state index contributed by atoms with van der Waals surface area (Å²) < 4.78 is 11.0. The number of allylic oxidation sites excluding steroid dienone is 1. The number of nitrogens with two attached hydrogens (primary N) is 1. The molecule has 3 rings (SSSR count). The van der Waals surface area contributed by atoms with Crippen molar-refractivity contribution in [1.82, 2.24) is 15.0 Å². The maximum atomic E-state index is 6.21. The van der Waals surface area contributed by atoms with Crippen molar-refractivity contribution in [2.45, 2.75) is 19.4 Å². The highest BCUT2D eigenvalue weighted by atomic mass is 16.5. The molecule has 0 saturated heterocycles. The Kier molecular flexibility index (Phi) is 4.60. The normalized spacial score (nSPS) is 17.5. The second kappa shape index (κ2) is 6.99. The van der Waals surface area contributed by atoms with E-state index in [0.29, 0.717) is 24.0 Å². The molecule has 1 unspecified atom stereocenters. The summed E-state index contributed by atoms with van der Waals surface area (Å²) in [5, 5.41) is 0. The van der Waals surface area contributed by atoms with Gasteiger partial charge in [-0.2, -0.15) is 4.98 Å². The molecule has 0 bridgehead atoms. The average Bonchev–Trinajstić information content (AvgIpc) is 3.22. The Hall–Kier alpha value is -3.09. The van der Waals surface area contributed by atoms with Crippen molar-refractivity contribution in [2.75, 3.05) is 6.61 Å². The average molecular weight is 325 g/mol. The molecule has 0 radical (unpaired) electrons.